The molecule has 2 N–H and O–H groups in total. The zero-order chi connectivity index (χ0) is 14.8. The van der Waals surface area contributed by atoms with E-state index in [1.807, 2.05) is 45.2 Å². The van der Waals surface area contributed by atoms with E-state index in [4.69, 9.17) is 5.73 Å². The second kappa shape index (κ2) is 5.63. The molecule has 2 rings (SSSR count). The minimum absolute atomic E-state index is 0.0943. The molecule has 0 saturated carbocycles. The molecule has 0 unspecified atom stereocenters. The second-order valence-corrected chi connectivity index (χ2v) is 5.78. The molecule has 3 nitrogen and oxygen atoms in total. The van der Waals surface area contributed by atoms with E-state index in [9.17, 15) is 4.79 Å². The van der Waals surface area contributed by atoms with Crippen LogP contribution in [0.3, 0.4) is 0 Å². The van der Waals surface area contributed by atoms with Gasteiger partial charge in [0.15, 0.2) is 0 Å². The van der Waals surface area contributed by atoms with Crippen LogP contribution in [0.15, 0.2) is 42.5 Å². The summed E-state index contributed by atoms with van der Waals surface area (Å²) >= 11 is 0. The lowest BCUT2D eigenvalue weighted by Crippen LogP contribution is -2.50. The topological polar surface area (TPSA) is 46.3 Å². The predicted octanol–water partition coefficient (Wildman–Crippen LogP) is 2.58. The molecule has 2 aromatic rings. The first-order chi connectivity index (χ1) is 9.45. The number of carbonyl (C=O) groups is 1. The van der Waals surface area contributed by atoms with E-state index in [1.54, 1.807) is 4.90 Å². The van der Waals surface area contributed by atoms with E-state index in [2.05, 4.69) is 18.2 Å². The van der Waals surface area contributed by atoms with Gasteiger partial charge in [-0.1, -0.05) is 42.5 Å². The molecular formula is C17H22N2O. The molecular weight excluding hydrogens is 248 g/mol. The predicted molar refractivity (Wildman–Crippen MR) is 83.6 cm³/mol. The van der Waals surface area contributed by atoms with Crippen LogP contribution in [-0.4, -0.2) is 29.9 Å². The van der Waals surface area contributed by atoms with Gasteiger partial charge in [-0.2, -0.15) is 0 Å². The standard InChI is InChI=1S/C17H22N2O/c1-17(2,12-18)19(3)16(20)11-14-9-6-8-13-7-4-5-10-15(13)14/h4-10H,11-12,18H2,1-3H3. The van der Waals surface area contributed by atoms with Gasteiger partial charge in [0.05, 0.1) is 6.42 Å². The van der Waals surface area contributed by atoms with Crippen molar-refractivity contribution in [1.82, 2.24) is 4.90 Å². The smallest absolute Gasteiger partial charge is 0.227 e. The Bertz CT molecular complexity index is 614. The molecule has 106 valence electrons. The van der Waals surface area contributed by atoms with Crippen LogP contribution in [0.25, 0.3) is 10.8 Å². The lowest BCUT2D eigenvalue weighted by molar-refractivity contribution is -0.133. The van der Waals surface area contributed by atoms with E-state index in [-0.39, 0.29) is 11.4 Å². The summed E-state index contributed by atoms with van der Waals surface area (Å²) in [7, 11) is 1.82. The summed E-state index contributed by atoms with van der Waals surface area (Å²) in [6.45, 7) is 4.41. The number of likely N-dealkylation sites (N-methyl/N-ethyl adjacent to an activating group) is 1. The fraction of sp³-hybridized carbons (Fsp3) is 0.353. The number of nitrogens with two attached hydrogens (primary N) is 1. The number of benzene rings is 2. The van der Waals surface area contributed by atoms with Gasteiger partial charge in [0.25, 0.3) is 0 Å². The summed E-state index contributed by atoms with van der Waals surface area (Å²) in [5.74, 6) is 0.0943. The highest BCUT2D eigenvalue weighted by Gasteiger charge is 2.26. The maximum Gasteiger partial charge on any atom is 0.227 e. The number of fused-ring (bicyclic) bond motifs is 1. The maximum atomic E-state index is 12.4. The van der Waals surface area contributed by atoms with Gasteiger partial charge in [-0.15, -0.1) is 0 Å². The molecule has 1 amide bonds. The minimum atomic E-state index is -0.318. The second-order valence-electron chi connectivity index (χ2n) is 5.78. The summed E-state index contributed by atoms with van der Waals surface area (Å²) in [5.41, 5.74) is 6.48. The first-order valence-electron chi connectivity index (χ1n) is 6.89. The van der Waals surface area contributed by atoms with Crippen molar-refractivity contribution in [3.8, 4) is 0 Å². The Hall–Kier alpha value is -1.87. The van der Waals surface area contributed by atoms with Crippen molar-refractivity contribution in [2.75, 3.05) is 13.6 Å². The molecule has 0 aliphatic carbocycles. The quantitative estimate of drug-likeness (QED) is 0.928. The summed E-state index contributed by atoms with van der Waals surface area (Å²) < 4.78 is 0. The van der Waals surface area contributed by atoms with Crippen molar-refractivity contribution in [3.63, 3.8) is 0 Å². The highest BCUT2D eigenvalue weighted by Crippen LogP contribution is 2.20. The molecule has 0 radical (unpaired) electrons. The van der Waals surface area contributed by atoms with Crippen molar-refractivity contribution in [2.24, 2.45) is 5.73 Å². The molecule has 3 heteroatoms. The molecule has 0 saturated heterocycles. The van der Waals surface area contributed by atoms with Crippen molar-refractivity contribution < 1.29 is 4.79 Å². The van der Waals surface area contributed by atoms with Crippen LogP contribution in [0.4, 0.5) is 0 Å². The Labute approximate surface area is 120 Å². The molecule has 0 spiro atoms. The number of hydrogen-bond acceptors (Lipinski definition) is 2. The lowest BCUT2D eigenvalue weighted by atomic mass is 9.99. The number of carbonyl (C=O) groups excluding carboxylic acids is 1. The minimum Gasteiger partial charge on any atom is -0.339 e. The summed E-state index contributed by atoms with van der Waals surface area (Å²) in [6.07, 6.45) is 0.404. The molecule has 0 aromatic heterocycles. The zero-order valence-electron chi connectivity index (χ0n) is 12.4. The van der Waals surface area contributed by atoms with Gasteiger partial charge in [0.1, 0.15) is 0 Å². The van der Waals surface area contributed by atoms with Gasteiger partial charge < -0.3 is 10.6 Å². The van der Waals surface area contributed by atoms with E-state index < -0.39 is 0 Å². The third kappa shape index (κ3) is 2.83. The van der Waals surface area contributed by atoms with Crippen molar-refractivity contribution >= 4 is 16.7 Å². The third-order valence-corrected chi connectivity index (χ3v) is 4.00. The Balaban J connectivity index is 2.27. The molecule has 0 aliphatic heterocycles. The van der Waals surface area contributed by atoms with E-state index in [0.29, 0.717) is 13.0 Å². The van der Waals surface area contributed by atoms with Crippen LogP contribution < -0.4 is 5.73 Å². The Morgan fingerprint density at radius 2 is 1.80 bits per heavy atom. The van der Waals surface area contributed by atoms with Crippen LogP contribution >= 0.6 is 0 Å². The first-order valence-corrected chi connectivity index (χ1v) is 6.89. The molecule has 0 bridgehead atoms. The molecule has 0 heterocycles. The van der Waals surface area contributed by atoms with Gasteiger partial charge in [0, 0.05) is 19.1 Å². The summed E-state index contributed by atoms with van der Waals surface area (Å²) in [5, 5.41) is 2.31. The van der Waals surface area contributed by atoms with Crippen molar-refractivity contribution in [3.05, 3.63) is 48.0 Å². The summed E-state index contributed by atoms with van der Waals surface area (Å²) in [4.78, 5) is 14.2. The van der Waals surface area contributed by atoms with Crippen LogP contribution in [0.2, 0.25) is 0 Å². The van der Waals surface area contributed by atoms with E-state index in [1.165, 1.54) is 5.39 Å². The fourth-order valence-electron chi connectivity index (χ4n) is 2.20. The lowest BCUT2D eigenvalue weighted by Gasteiger charge is -2.34. The maximum absolute atomic E-state index is 12.4. The van der Waals surface area contributed by atoms with E-state index in [0.717, 1.165) is 10.9 Å². The molecule has 20 heavy (non-hydrogen) atoms. The van der Waals surface area contributed by atoms with Crippen molar-refractivity contribution in [1.29, 1.82) is 0 Å². The van der Waals surface area contributed by atoms with Gasteiger partial charge in [-0.3, -0.25) is 4.79 Å². The third-order valence-electron chi connectivity index (χ3n) is 4.00. The highest BCUT2D eigenvalue weighted by atomic mass is 16.2. The van der Waals surface area contributed by atoms with Gasteiger partial charge in [-0.25, -0.2) is 0 Å². The zero-order valence-corrected chi connectivity index (χ0v) is 12.4. The normalized spacial score (nSPS) is 11.6. The largest absolute Gasteiger partial charge is 0.339 e. The Morgan fingerprint density at radius 3 is 2.50 bits per heavy atom. The van der Waals surface area contributed by atoms with Crippen LogP contribution in [0.5, 0.6) is 0 Å². The average Bonchev–Trinajstić information content (AvgIpc) is 2.46. The molecule has 0 fully saturated rings. The molecule has 0 aliphatic rings. The molecule has 0 atom stereocenters. The first kappa shape index (κ1) is 14.5. The Kier molecular flexibility index (Phi) is 4.09. The van der Waals surface area contributed by atoms with Gasteiger partial charge in [0.2, 0.25) is 5.91 Å². The fourth-order valence-corrected chi connectivity index (χ4v) is 2.20. The van der Waals surface area contributed by atoms with Crippen LogP contribution in [-0.2, 0) is 11.2 Å². The van der Waals surface area contributed by atoms with E-state index >= 15 is 0 Å². The number of hydrogen-bond donors (Lipinski definition) is 1. The average molecular weight is 270 g/mol. The molecule has 2 aromatic carbocycles. The van der Waals surface area contributed by atoms with Gasteiger partial charge >= 0.3 is 0 Å². The SMILES string of the molecule is CN(C(=O)Cc1cccc2ccccc12)C(C)(C)CN. The van der Waals surface area contributed by atoms with Crippen molar-refractivity contribution in [2.45, 2.75) is 25.8 Å². The monoisotopic (exact) mass is 270 g/mol. The number of amides is 1. The number of nitrogens with zero attached hydrogens (tertiary/aromatic N) is 1. The van der Waals surface area contributed by atoms with Gasteiger partial charge in [-0.05, 0) is 30.2 Å². The highest BCUT2D eigenvalue weighted by molar-refractivity contribution is 5.90. The number of rotatable bonds is 4. The Morgan fingerprint density at radius 1 is 1.15 bits per heavy atom. The summed E-state index contributed by atoms with van der Waals surface area (Å²) in [6, 6.07) is 14.2. The van der Waals surface area contributed by atoms with Crippen LogP contribution in [0.1, 0.15) is 19.4 Å². The van der Waals surface area contributed by atoms with Crippen LogP contribution in [0, 0.1) is 0 Å².